The highest BCUT2D eigenvalue weighted by atomic mass is 35.5. The molecule has 0 spiro atoms. The molecule has 0 saturated carbocycles. The number of halogens is 2. The molecule has 1 nitrogen and oxygen atoms in total. The lowest BCUT2D eigenvalue weighted by Gasteiger charge is -2.19. The van der Waals surface area contributed by atoms with Gasteiger partial charge in [-0.25, -0.2) is 4.39 Å². The maximum Gasteiger partial charge on any atom is 0.141 e. The highest BCUT2D eigenvalue weighted by Crippen LogP contribution is 2.24. The average Bonchev–Trinajstić information content (AvgIpc) is 2.41. The summed E-state index contributed by atoms with van der Waals surface area (Å²) in [5, 5.41) is 3.61. The summed E-state index contributed by atoms with van der Waals surface area (Å²) in [7, 11) is 0. The lowest BCUT2D eigenvalue weighted by Crippen LogP contribution is -2.23. The number of hydrogen-bond donors (Lipinski definition) is 1. The van der Waals surface area contributed by atoms with E-state index in [1.54, 1.807) is 12.1 Å². The number of nitrogens with one attached hydrogen (secondary N) is 1. The quantitative estimate of drug-likeness (QED) is 0.843. The third-order valence-electron chi connectivity index (χ3n) is 3.32. The highest BCUT2D eigenvalue weighted by Gasteiger charge is 2.13. The van der Waals surface area contributed by atoms with Crippen molar-refractivity contribution in [1.82, 2.24) is 5.32 Å². The Labute approximate surface area is 124 Å². The molecule has 0 amide bonds. The smallest absolute Gasteiger partial charge is 0.141 e. The Morgan fingerprint density at radius 3 is 2.65 bits per heavy atom. The van der Waals surface area contributed by atoms with Crippen molar-refractivity contribution in [2.24, 2.45) is 0 Å². The first-order valence-electron chi connectivity index (χ1n) is 6.84. The first-order valence-corrected chi connectivity index (χ1v) is 7.22. The fraction of sp³-hybridized carbons (Fsp3) is 0.294. The fourth-order valence-corrected chi connectivity index (χ4v) is 2.55. The van der Waals surface area contributed by atoms with E-state index >= 15 is 0 Å². The van der Waals surface area contributed by atoms with E-state index < -0.39 is 0 Å². The molecule has 0 fully saturated rings. The Morgan fingerprint density at radius 2 is 2.00 bits per heavy atom. The van der Waals surface area contributed by atoms with Gasteiger partial charge in [0.05, 0.1) is 5.02 Å². The first kappa shape index (κ1) is 15.0. The summed E-state index contributed by atoms with van der Waals surface area (Å²) in [6.45, 7) is 5.00. The molecule has 106 valence electrons. The Balaban J connectivity index is 2.24. The van der Waals surface area contributed by atoms with E-state index in [0.717, 1.165) is 18.5 Å². The van der Waals surface area contributed by atoms with Crippen LogP contribution in [-0.2, 0) is 6.42 Å². The van der Waals surface area contributed by atoms with Crippen molar-refractivity contribution in [3.8, 4) is 0 Å². The van der Waals surface area contributed by atoms with Crippen molar-refractivity contribution in [3.63, 3.8) is 0 Å². The average molecular weight is 292 g/mol. The largest absolute Gasteiger partial charge is 0.310 e. The van der Waals surface area contributed by atoms with Gasteiger partial charge in [-0.05, 0) is 43.1 Å². The summed E-state index contributed by atoms with van der Waals surface area (Å²) in [5.41, 5.74) is 3.52. The maximum absolute atomic E-state index is 13.3. The van der Waals surface area contributed by atoms with E-state index in [0.29, 0.717) is 0 Å². The van der Waals surface area contributed by atoms with Crippen LogP contribution in [0, 0.1) is 12.7 Å². The lowest BCUT2D eigenvalue weighted by molar-refractivity contribution is 0.547. The van der Waals surface area contributed by atoms with Gasteiger partial charge in [-0.2, -0.15) is 0 Å². The van der Waals surface area contributed by atoms with Crippen LogP contribution in [0.3, 0.4) is 0 Å². The molecule has 1 N–H and O–H groups in total. The van der Waals surface area contributed by atoms with Crippen LogP contribution in [0.1, 0.15) is 29.7 Å². The van der Waals surface area contributed by atoms with Gasteiger partial charge < -0.3 is 5.32 Å². The second-order valence-electron chi connectivity index (χ2n) is 4.98. The van der Waals surface area contributed by atoms with Crippen molar-refractivity contribution < 1.29 is 4.39 Å². The van der Waals surface area contributed by atoms with Crippen LogP contribution < -0.4 is 5.32 Å². The van der Waals surface area contributed by atoms with Crippen molar-refractivity contribution in [1.29, 1.82) is 0 Å². The molecule has 0 aliphatic heterocycles. The zero-order chi connectivity index (χ0) is 14.5. The minimum Gasteiger partial charge on any atom is -0.310 e. The van der Waals surface area contributed by atoms with Crippen molar-refractivity contribution in [2.45, 2.75) is 26.3 Å². The van der Waals surface area contributed by atoms with Gasteiger partial charge in [0, 0.05) is 6.04 Å². The number of rotatable bonds is 5. The van der Waals surface area contributed by atoms with Crippen LogP contribution in [0.2, 0.25) is 5.02 Å². The Hall–Kier alpha value is -1.38. The standard InChI is InChI=1S/C17H19ClFN/c1-3-20-17(10-13-6-4-5-12(2)9-13)14-7-8-16(19)15(18)11-14/h4-9,11,17,20H,3,10H2,1-2H3. The van der Waals surface area contributed by atoms with Gasteiger partial charge in [0.1, 0.15) is 5.82 Å². The first-order chi connectivity index (χ1) is 9.60. The van der Waals surface area contributed by atoms with E-state index in [1.807, 2.05) is 0 Å². The number of likely N-dealkylation sites (N-methyl/N-ethyl adjacent to an activating group) is 1. The number of benzene rings is 2. The second kappa shape index (κ2) is 6.87. The molecule has 3 heteroatoms. The molecule has 20 heavy (non-hydrogen) atoms. The molecule has 0 aromatic heterocycles. The monoisotopic (exact) mass is 291 g/mol. The molecule has 2 aromatic rings. The maximum atomic E-state index is 13.3. The summed E-state index contributed by atoms with van der Waals surface area (Å²) in [4.78, 5) is 0. The van der Waals surface area contributed by atoms with Crippen molar-refractivity contribution in [3.05, 3.63) is 70.0 Å². The van der Waals surface area contributed by atoms with E-state index in [-0.39, 0.29) is 16.9 Å². The molecule has 0 radical (unpaired) electrons. The highest BCUT2D eigenvalue weighted by molar-refractivity contribution is 6.30. The van der Waals surface area contributed by atoms with Gasteiger partial charge in [-0.3, -0.25) is 0 Å². The van der Waals surface area contributed by atoms with Crippen molar-refractivity contribution in [2.75, 3.05) is 6.54 Å². The van der Waals surface area contributed by atoms with Crippen LogP contribution >= 0.6 is 11.6 Å². The topological polar surface area (TPSA) is 12.0 Å². The van der Waals surface area contributed by atoms with Gasteiger partial charge >= 0.3 is 0 Å². The molecule has 0 heterocycles. The molecule has 0 bridgehead atoms. The third kappa shape index (κ3) is 3.81. The Morgan fingerprint density at radius 1 is 1.20 bits per heavy atom. The third-order valence-corrected chi connectivity index (χ3v) is 3.61. The lowest BCUT2D eigenvalue weighted by atomic mass is 9.98. The van der Waals surface area contributed by atoms with Crippen LogP contribution in [0.5, 0.6) is 0 Å². The molecule has 2 aromatic carbocycles. The van der Waals surface area contributed by atoms with Gasteiger partial charge in [0.15, 0.2) is 0 Å². The molecule has 1 unspecified atom stereocenters. The molecule has 2 rings (SSSR count). The molecule has 0 aliphatic carbocycles. The summed E-state index contributed by atoms with van der Waals surface area (Å²) < 4.78 is 13.3. The zero-order valence-corrected chi connectivity index (χ0v) is 12.5. The van der Waals surface area contributed by atoms with Gasteiger partial charge in [0.2, 0.25) is 0 Å². The van der Waals surface area contributed by atoms with Crippen LogP contribution in [-0.4, -0.2) is 6.54 Å². The van der Waals surface area contributed by atoms with Gasteiger partial charge in [-0.15, -0.1) is 0 Å². The molecule has 1 atom stereocenters. The van der Waals surface area contributed by atoms with Gasteiger partial charge in [-0.1, -0.05) is 54.4 Å². The predicted molar refractivity (Wildman–Crippen MR) is 82.7 cm³/mol. The fourth-order valence-electron chi connectivity index (χ4n) is 2.36. The molecular formula is C17H19ClFN. The SMILES string of the molecule is CCNC(Cc1cccc(C)c1)c1ccc(F)c(Cl)c1. The number of aryl methyl sites for hydroxylation is 1. The molecular weight excluding hydrogens is 273 g/mol. The normalized spacial score (nSPS) is 12.4. The van der Waals surface area contributed by atoms with E-state index in [4.69, 9.17) is 11.6 Å². The van der Waals surface area contributed by atoms with E-state index in [1.165, 1.54) is 17.2 Å². The van der Waals surface area contributed by atoms with E-state index in [2.05, 4.69) is 43.4 Å². The number of hydrogen-bond acceptors (Lipinski definition) is 1. The summed E-state index contributed by atoms with van der Waals surface area (Å²) in [5.74, 6) is -0.374. The van der Waals surface area contributed by atoms with Gasteiger partial charge in [0.25, 0.3) is 0 Å². The minimum absolute atomic E-state index is 0.139. The molecule has 0 saturated heterocycles. The Kier molecular flexibility index (Phi) is 5.16. The van der Waals surface area contributed by atoms with Crippen LogP contribution in [0.4, 0.5) is 4.39 Å². The summed E-state index contributed by atoms with van der Waals surface area (Å²) in [6.07, 6.45) is 0.859. The molecule has 0 aliphatic rings. The summed E-state index contributed by atoms with van der Waals surface area (Å²) in [6, 6.07) is 13.5. The van der Waals surface area contributed by atoms with Crippen LogP contribution in [0.25, 0.3) is 0 Å². The van der Waals surface area contributed by atoms with E-state index in [9.17, 15) is 4.39 Å². The minimum atomic E-state index is -0.374. The predicted octanol–water partition coefficient (Wildman–Crippen LogP) is 4.68. The van der Waals surface area contributed by atoms with Crippen molar-refractivity contribution >= 4 is 11.6 Å². The second-order valence-corrected chi connectivity index (χ2v) is 5.38. The van der Waals surface area contributed by atoms with Crippen LogP contribution in [0.15, 0.2) is 42.5 Å². The Bertz CT molecular complexity index is 583. The zero-order valence-electron chi connectivity index (χ0n) is 11.8. The summed E-state index contributed by atoms with van der Waals surface area (Å²) >= 11 is 5.88.